The van der Waals surface area contributed by atoms with Crippen LogP contribution < -0.4 is 5.32 Å². The van der Waals surface area contributed by atoms with E-state index in [4.69, 9.17) is 4.74 Å². The van der Waals surface area contributed by atoms with E-state index in [1.165, 1.54) is 0 Å². The number of hydrogen-bond acceptors (Lipinski definition) is 2. The Balaban J connectivity index is 2.04. The van der Waals surface area contributed by atoms with Gasteiger partial charge in [-0.3, -0.25) is 4.79 Å². The summed E-state index contributed by atoms with van der Waals surface area (Å²) in [7, 11) is 1.66. The minimum absolute atomic E-state index is 0.105. The molecule has 0 aliphatic heterocycles. The van der Waals surface area contributed by atoms with Crippen molar-refractivity contribution in [1.29, 1.82) is 0 Å². The van der Waals surface area contributed by atoms with E-state index in [1.54, 1.807) is 19.2 Å². The number of nitrogens with one attached hydrogen (secondary N) is 1. The number of methoxy groups -OCH3 is 1. The topological polar surface area (TPSA) is 38.3 Å². The third kappa shape index (κ3) is 4.16. The number of amides is 1. The molecule has 0 aromatic heterocycles. The minimum Gasteiger partial charge on any atom is -0.375 e. The number of carbonyl (C=O) groups is 1. The fraction of sp³-hybridized carbons (Fsp3) is 0.235. The van der Waals surface area contributed by atoms with Crippen LogP contribution in [0.1, 0.15) is 27.6 Å². The molecule has 4 heteroatoms. The maximum atomic E-state index is 12.1. The number of benzene rings is 2. The Labute approximate surface area is 133 Å². The van der Waals surface area contributed by atoms with Crippen molar-refractivity contribution in [2.45, 2.75) is 13.0 Å². The lowest BCUT2D eigenvalue weighted by molar-refractivity contribution is 0.0826. The molecule has 2 rings (SSSR count). The Bertz CT molecular complexity index is 628. The molecule has 0 unspecified atom stereocenters. The number of hydrogen-bond donors (Lipinski definition) is 1. The summed E-state index contributed by atoms with van der Waals surface area (Å²) < 4.78 is 6.39. The van der Waals surface area contributed by atoms with Crippen LogP contribution in [0.15, 0.2) is 53.0 Å². The average Bonchev–Trinajstić information content (AvgIpc) is 2.49. The van der Waals surface area contributed by atoms with E-state index >= 15 is 0 Å². The summed E-state index contributed by atoms with van der Waals surface area (Å²) in [4.78, 5) is 12.1. The second-order valence-corrected chi connectivity index (χ2v) is 5.72. The van der Waals surface area contributed by atoms with Crippen molar-refractivity contribution in [2.24, 2.45) is 0 Å². The van der Waals surface area contributed by atoms with E-state index < -0.39 is 0 Å². The summed E-state index contributed by atoms with van der Waals surface area (Å²) in [5.74, 6) is -0.105. The molecule has 0 heterocycles. The average molecular weight is 348 g/mol. The Hall–Kier alpha value is -1.65. The lowest BCUT2D eigenvalue weighted by Gasteiger charge is -2.18. The largest absolute Gasteiger partial charge is 0.375 e. The fourth-order valence-corrected chi connectivity index (χ4v) is 2.58. The molecule has 1 amide bonds. The summed E-state index contributed by atoms with van der Waals surface area (Å²) in [6.45, 7) is 2.48. The van der Waals surface area contributed by atoms with Crippen LogP contribution in [-0.4, -0.2) is 19.6 Å². The van der Waals surface area contributed by atoms with Gasteiger partial charge in [0.15, 0.2) is 0 Å². The highest BCUT2D eigenvalue weighted by molar-refractivity contribution is 9.10. The van der Waals surface area contributed by atoms with Gasteiger partial charge < -0.3 is 10.1 Å². The number of rotatable bonds is 5. The maximum absolute atomic E-state index is 12.1. The molecule has 0 saturated heterocycles. The van der Waals surface area contributed by atoms with E-state index in [0.29, 0.717) is 12.1 Å². The van der Waals surface area contributed by atoms with Gasteiger partial charge >= 0.3 is 0 Å². The summed E-state index contributed by atoms with van der Waals surface area (Å²) in [6, 6.07) is 15.3. The highest BCUT2D eigenvalue weighted by Gasteiger charge is 2.14. The molecule has 3 nitrogen and oxygen atoms in total. The molecule has 0 bridgehead atoms. The molecule has 0 radical (unpaired) electrons. The van der Waals surface area contributed by atoms with E-state index in [2.05, 4.69) is 21.2 Å². The van der Waals surface area contributed by atoms with Crippen LogP contribution in [0.3, 0.4) is 0 Å². The van der Waals surface area contributed by atoms with Gasteiger partial charge in [0.05, 0.1) is 6.10 Å². The minimum atomic E-state index is -0.151. The number of carbonyl (C=O) groups excluding carboxylic acids is 1. The first-order valence-electron chi connectivity index (χ1n) is 6.74. The van der Waals surface area contributed by atoms with E-state index in [-0.39, 0.29) is 12.0 Å². The van der Waals surface area contributed by atoms with Gasteiger partial charge in [0.2, 0.25) is 0 Å². The number of ether oxygens (including phenoxy) is 1. The predicted molar refractivity (Wildman–Crippen MR) is 87.4 cm³/mol. The van der Waals surface area contributed by atoms with Gasteiger partial charge in [0.1, 0.15) is 0 Å². The molecule has 0 aliphatic carbocycles. The van der Waals surface area contributed by atoms with Crippen molar-refractivity contribution in [3.05, 3.63) is 69.7 Å². The van der Waals surface area contributed by atoms with Crippen LogP contribution in [0.4, 0.5) is 0 Å². The fourth-order valence-electron chi connectivity index (χ4n) is 2.19. The molecule has 1 N–H and O–H groups in total. The molecule has 0 spiro atoms. The summed E-state index contributed by atoms with van der Waals surface area (Å²) in [5, 5.41) is 2.92. The summed E-state index contributed by atoms with van der Waals surface area (Å²) in [6.07, 6.45) is -0.151. The molecule has 0 saturated carbocycles. The quantitative estimate of drug-likeness (QED) is 0.891. The zero-order valence-corrected chi connectivity index (χ0v) is 13.7. The van der Waals surface area contributed by atoms with Crippen molar-refractivity contribution in [1.82, 2.24) is 5.32 Å². The van der Waals surface area contributed by atoms with Crippen molar-refractivity contribution < 1.29 is 9.53 Å². The smallest absolute Gasteiger partial charge is 0.251 e. The molecule has 1 atom stereocenters. The van der Waals surface area contributed by atoms with Gasteiger partial charge in [-0.05, 0) is 36.2 Å². The maximum Gasteiger partial charge on any atom is 0.251 e. The van der Waals surface area contributed by atoms with Crippen molar-refractivity contribution in [3.63, 3.8) is 0 Å². The monoisotopic (exact) mass is 347 g/mol. The van der Waals surface area contributed by atoms with Gasteiger partial charge in [-0.1, -0.05) is 46.3 Å². The molecule has 0 aliphatic rings. The SMILES string of the molecule is CO[C@@H](CNC(=O)c1cccc(Br)c1)c1ccccc1C. The van der Waals surface area contributed by atoms with Gasteiger partial charge in [0.25, 0.3) is 5.91 Å². The molecular weight excluding hydrogens is 330 g/mol. The molecule has 2 aromatic carbocycles. The third-order valence-electron chi connectivity index (χ3n) is 3.35. The van der Waals surface area contributed by atoms with Crippen LogP contribution >= 0.6 is 15.9 Å². The molecule has 110 valence electrons. The molecule has 0 fully saturated rings. The lowest BCUT2D eigenvalue weighted by Crippen LogP contribution is -2.29. The first-order chi connectivity index (χ1) is 10.1. The Kier molecular flexibility index (Phi) is 5.53. The van der Waals surface area contributed by atoms with Crippen LogP contribution in [-0.2, 0) is 4.74 Å². The summed E-state index contributed by atoms with van der Waals surface area (Å²) in [5.41, 5.74) is 2.87. The second-order valence-electron chi connectivity index (χ2n) is 4.80. The Morgan fingerprint density at radius 1 is 1.24 bits per heavy atom. The van der Waals surface area contributed by atoms with Crippen LogP contribution in [0.5, 0.6) is 0 Å². The highest BCUT2D eigenvalue weighted by atomic mass is 79.9. The van der Waals surface area contributed by atoms with E-state index in [0.717, 1.165) is 15.6 Å². The second kappa shape index (κ2) is 7.38. The number of halogens is 1. The van der Waals surface area contributed by atoms with Gasteiger partial charge in [0, 0.05) is 23.7 Å². The lowest BCUT2D eigenvalue weighted by atomic mass is 10.0. The zero-order valence-electron chi connectivity index (χ0n) is 12.1. The Morgan fingerprint density at radius 3 is 2.67 bits per heavy atom. The normalized spacial score (nSPS) is 12.0. The van der Waals surface area contributed by atoms with E-state index in [9.17, 15) is 4.79 Å². The highest BCUT2D eigenvalue weighted by Crippen LogP contribution is 2.20. The molecule has 2 aromatic rings. The standard InChI is InChI=1S/C17H18BrNO2/c1-12-6-3-4-9-15(12)16(21-2)11-19-17(20)13-7-5-8-14(18)10-13/h3-10,16H,11H2,1-2H3,(H,19,20)/t16-/m0/s1. The summed E-state index contributed by atoms with van der Waals surface area (Å²) >= 11 is 3.37. The van der Waals surface area contributed by atoms with Crippen molar-refractivity contribution in [2.75, 3.05) is 13.7 Å². The van der Waals surface area contributed by atoms with Crippen LogP contribution in [0, 0.1) is 6.92 Å². The van der Waals surface area contributed by atoms with E-state index in [1.807, 2.05) is 43.3 Å². The van der Waals surface area contributed by atoms with Crippen LogP contribution in [0.2, 0.25) is 0 Å². The van der Waals surface area contributed by atoms with Crippen LogP contribution in [0.25, 0.3) is 0 Å². The van der Waals surface area contributed by atoms with Crippen molar-refractivity contribution in [3.8, 4) is 0 Å². The van der Waals surface area contributed by atoms with Gasteiger partial charge in [-0.25, -0.2) is 0 Å². The number of aryl methyl sites for hydroxylation is 1. The van der Waals surface area contributed by atoms with Gasteiger partial charge in [-0.2, -0.15) is 0 Å². The molecular formula is C17H18BrNO2. The first-order valence-corrected chi connectivity index (χ1v) is 7.53. The van der Waals surface area contributed by atoms with Gasteiger partial charge in [-0.15, -0.1) is 0 Å². The Morgan fingerprint density at radius 2 is 2.00 bits per heavy atom. The molecule has 21 heavy (non-hydrogen) atoms. The zero-order chi connectivity index (χ0) is 15.2. The van der Waals surface area contributed by atoms with Crippen molar-refractivity contribution >= 4 is 21.8 Å². The predicted octanol–water partition coefficient (Wildman–Crippen LogP) is 3.88. The third-order valence-corrected chi connectivity index (χ3v) is 3.85. The first kappa shape index (κ1) is 15.7.